The molecule has 0 bridgehead atoms. The Morgan fingerprint density at radius 1 is 1.04 bits per heavy atom. The fourth-order valence-corrected chi connectivity index (χ4v) is 2.65. The summed E-state index contributed by atoms with van der Waals surface area (Å²) in [5.41, 5.74) is 0. The van der Waals surface area contributed by atoms with Crippen LogP contribution in [0.15, 0.2) is 12.2 Å². The first-order chi connectivity index (χ1) is 14.0. The van der Waals surface area contributed by atoms with Crippen molar-refractivity contribution in [2.24, 2.45) is 0 Å². The number of carbonyl (C=O) groups excluding carboxylic acids is 1. The van der Waals surface area contributed by atoms with Gasteiger partial charge in [0.25, 0.3) is 0 Å². The summed E-state index contributed by atoms with van der Waals surface area (Å²) in [6.45, 7) is -1.21. The lowest BCUT2D eigenvalue weighted by Gasteiger charge is -2.12. The van der Waals surface area contributed by atoms with Crippen LogP contribution in [0.5, 0.6) is 0 Å². The Bertz CT molecular complexity index is 476. The van der Waals surface area contributed by atoms with Gasteiger partial charge in [-0.3, -0.25) is 4.79 Å². The van der Waals surface area contributed by atoms with Crippen molar-refractivity contribution in [2.45, 2.75) is 103 Å². The number of carbonyl (C=O) groups is 1. The summed E-state index contributed by atoms with van der Waals surface area (Å²) in [4.78, 5) is 11.8. The number of ether oxygens (including phenoxy) is 1. The highest BCUT2D eigenvalue weighted by Crippen LogP contribution is 2.10. The molecule has 0 amide bonds. The summed E-state index contributed by atoms with van der Waals surface area (Å²) in [5, 5.41) is 9.36. The number of esters is 1. The molecular formula is C21H39ClO3. The first-order valence-corrected chi connectivity index (χ1v) is 10.1. The van der Waals surface area contributed by atoms with E-state index < -0.39 is 24.4 Å². The number of allylic oxidation sites excluding steroid dienone is 2. The smallest absolute Gasteiger partial charge is 0.306 e. The topological polar surface area (TPSA) is 46.5 Å². The van der Waals surface area contributed by atoms with Gasteiger partial charge in [-0.2, -0.15) is 0 Å². The first kappa shape index (κ1) is 16.6. The van der Waals surface area contributed by atoms with Crippen LogP contribution >= 0.6 is 11.6 Å². The maximum Gasteiger partial charge on any atom is 0.306 e. The van der Waals surface area contributed by atoms with Crippen molar-refractivity contribution < 1.29 is 21.5 Å². The van der Waals surface area contributed by atoms with E-state index in [2.05, 4.69) is 23.8 Å². The second-order valence-electron chi connectivity index (χ2n) is 6.34. The van der Waals surface area contributed by atoms with Gasteiger partial charge in [0.1, 0.15) is 6.08 Å². The number of unbranched alkanes of at least 4 members (excludes halogenated alkanes) is 11. The molecule has 0 heterocycles. The summed E-state index contributed by atoms with van der Waals surface area (Å²) < 4.78 is 41.1. The number of alkyl halides is 1. The van der Waals surface area contributed by atoms with Crippen LogP contribution in [0.4, 0.5) is 0 Å². The van der Waals surface area contributed by atoms with Gasteiger partial charge >= 0.3 is 5.97 Å². The van der Waals surface area contributed by atoms with Crippen molar-refractivity contribution >= 4 is 17.6 Å². The fraction of sp³-hybridized carbons (Fsp3) is 0.857. The van der Waals surface area contributed by atoms with E-state index in [1.807, 2.05) is 0 Å². The Morgan fingerprint density at radius 2 is 1.56 bits per heavy atom. The lowest BCUT2D eigenvalue weighted by molar-refractivity contribution is -0.149. The molecule has 0 aromatic rings. The van der Waals surface area contributed by atoms with Gasteiger partial charge in [-0.1, -0.05) is 70.4 Å². The number of hydrogen-bond acceptors (Lipinski definition) is 3. The minimum Gasteiger partial charge on any atom is -0.459 e. The average molecular weight is 380 g/mol. The number of hydrogen-bond donors (Lipinski definition) is 1. The van der Waals surface area contributed by atoms with Gasteiger partial charge in [0.05, 0.1) is 16.5 Å². The van der Waals surface area contributed by atoms with Crippen molar-refractivity contribution in [1.82, 2.24) is 0 Å². The Morgan fingerprint density at radius 3 is 2.08 bits per heavy atom. The third kappa shape index (κ3) is 18.1. The number of aliphatic hydroxyl groups is 1. The molecule has 0 aromatic carbocycles. The summed E-state index contributed by atoms with van der Waals surface area (Å²) in [6, 6.07) is 0. The van der Waals surface area contributed by atoms with Crippen LogP contribution in [0.1, 0.15) is 104 Å². The first-order valence-electron chi connectivity index (χ1n) is 12.2. The molecule has 1 atom stereocenters. The van der Waals surface area contributed by atoms with Crippen LogP contribution in [0, 0.1) is 0 Å². The van der Waals surface area contributed by atoms with Gasteiger partial charge in [0.15, 0.2) is 0 Å². The highest BCUT2D eigenvalue weighted by molar-refractivity contribution is 6.18. The molecule has 25 heavy (non-hydrogen) atoms. The SMILES string of the molecule is [2H]C([2H])(O)C([2H])(OC(=O)CCCCCCC/C=C/CCCCCCCC)C([2H])([2H])Cl. The highest BCUT2D eigenvalue weighted by Gasteiger charge is 2.11. The molecule has 0 saturated carbocycles. The molecule has 4 heteroatoms. The van der Waals surface area contributed by atoms with E-state index in [1.165, 1.54) is 38.5 Å². The molecule has 0 fully saturated rings. The van der Waals surface area contributed by atoms with Crippen LogP contribution < -0.4 is 0 Å². The standard InChI is InChI=1S/C21H39ClO3/c1-2-3-4-5-6-7-8-9-10-11-12-13-14-15-16-17-21(24)25-20(18-22)19-23/h9-10,20,23H,2-8,11-19H2,1H3/b10-9+/i18D2,19D2,20D. The lowest BCUT2D eigenvalue weighted by Crippen LogP contribution is -2.23. The third-order valence-electron chi connectivity index (χ3n) is 4.05. The largest absolute Gasteiger partial charge is 0.459 e. The molecule has 0 aromatic heterocycles. The number of halogens is 1. The van der Waals surface area contributed by atoms with Crippen LogP contribution in [0.3, 0.4) is 0 Å². The van der Waals surface area contributed by atoms with E-state index in [0.717, 1.165) is 38.5 Å². The van der Waals surface area contributed by atoms with Crippen LogP contribution in [0.2, 0.25) is 0 Å². The molecule has 0 spiro atoms. The van der Waals surface area contributed by atoms with E-state index in [4.69, 9.17) is 18.5 Å². The van der Waals surface area contributed by atoms with Crippen molar-refractivity contribution in [2.75, 3.05) is 12.4 Å². The predicted octanol–water partition coefficient (Wildman–Crippen LogP) is 6.17. The minimum absolute atomic E-state index is 0.0815. The molecular weight excluding hydrogens is 336 g/mol. The van der Waals surface area contributed by atoms with Crippen molar-refractivity contribution in [1.29, 1.82) is 0 Å². The summed E-state index contributed by atoms with van der Waals surface area (Å²) in [5.74, 6) is -4.03. The Labute approximate surface area is 167 Å². The zero-order chi connectivity index (χ0) is 23.1. The number of rotatable bonds is 18. The molecule has 0 radical (unpaired) electrons. The van der Waals surface area contributed by atoms with Crippen molar-refractivity contribution in [3.8, 4) is 0 Å². The normalized spacial score (nSPS) is 18.0. The van der Waals surface area contributed by atoms with Crippen molar-refractivity contribution in [3.05, 3.63) is 12.2 Å². The molecule has 0 aliphatic heterocycles. The van der Waals surface area contributed by atoms with Crippen LogP contribution in [-0.4, -0.2) is 29.5 Å². The van der Waals surface area contributed by atoms with E-state index in [9.17, 15) is 9.90 Å². The van der Waals surface area contributed by atoms with Gasteiger partial charge in [-0.25, -0.2) is 0 Å². The maximum absolute atomic E-state index is 11.8. The highest BCUT2D eigenvalue weighted by atomic mass is 35.5. The second kappa shape index (κ2) is 19.8. The van der Waals surface area contributed by atoms with Gasteiger partial charge < -0.3 is 9.84 Å². The molecule has 148 valence electrons. The molecule has 1 unspecified atom stereocenters. The van der Waals surface area contributed by atoms with Crippen molar-refractivity contribution in [3.63, 3.8) is 0 Å². The average Bonchev–Trinajstić information content (AvgIpc) is 2.63. The zero-order valence-corrected chi connectivity index (χ0v) is 16.5. The quantitative estimate of drug-likeness (QED) is 0.134. The minimum atomic E-state index is -3.43. The fourth-order valence-electron chi connectivity index (χ4n) is 2.57. The van der Waals surface area contributed by atoms with E-state index in [1.54, 1.807) is 0 Å². The van der Waals surface area contributed by atoms with E-state index >= 15 is 0 Å². The van der Waals surface area contributed by atoms with Gasteiger partial charge in [0, 0.05) is 9.16 Å². The van der Waals surface area contributed by atoms with Crippen LogP contribution in [0.25, 0.3) is 0 Å². The second-order valence-corrected chi connectivity index (χ2v) is 6.53. The summed E-state index contributed by atoms with van der Waals surface area (Å²) in [7, 11) is 0. The van der Waals surface area contributed by atoms with E-state index in [-0.39, 0.29) is 6.42 Å². The molecule has 0 aliphatic rings. The maximum atomic E-state index is 11.8. The van der Waals surface area contributed by atoms with Crippen LogP contribution in [-0.2, 0) is 9.53 Å². The van der Waals surface area contributed by atoms with Gasteiger partial charge in [-0.15, -0.1) is 11.6 Å². The molecule has 0 aliphatic carbocycles. The Balaban J connectivity index is 3.80. The molecule has 0 saturated heterocycles. The molecule has 0 rings (SSSR count). The molecule has 1 N–H and O–H groups in total. The van der Waals surface area contributed by atoms with Gasteiger partial charge in [-0.05, 0) is 32.1 Å². The Kier molecular flexibility index (Phi) is 13.2. The molecule has 3 nitrogen and oxygen atoms in total. The summed E-state index contributed by atoms with van der Waals surface area (Å²) >= 11 is 5.33. The predicted molar refractivity (Wildman–Crippen MR) is 107 cm³/mol. The lowest BCUT2D eigenvalue weighted by atomic mass is 10.1. The summed E-state index contributed by atoms with van der Waals surface area (Å²) in [6.07, 6.45) is 15.6. The Hall–Kier alpha value is -0.540. The monoisotopic (exact) mass is 379 g/mol. The third-order valence-corrected chi connectivity index (χ3v) is 4.22. The van der Waals surface area contributed by atoms with E-state index in [0.29, 0.717) is 6.42 Å². The van der Waals surface area contributed by atoms with Gasteiger partial charge in [0.2, 0.25) is 0 Å². The zero-order valence-electron chi connectivity index (χ0n) is 20.7.